The summed E-state index contributed by atoms with van der Waals surface area (Å²) in [5.41, 5.74) is 1.81. The summed E-state index contributed by atoms with van der Waals surface area (Å²) in [7, 11) is 0. The number of thiazole rings is 1. The molecule has 0 amide bonds. The maximum Gasteiger partial charge on any atom is 0.149 e. The van der Waals surface area contributed by atoms with Gasteiger partial charge in [0.2, 0.25) is 0 Å². The Bertz CT molecular complexity index is 1080. The van der Waals surface area contributed by atoms with Crippen molar-refractivity contribution in [2.24, 2.45) is 0 Å². The van der Waals surface area contributed by atoms with Crippen LogP contribution in [-0.4, -0.2) is 22.5 Å². The second-order valence-corrected chi connectivity index (χ2v) is 7.19. The van der Waals surface area contributed by atoms with Gasteiger partial charge in [-0.3, -0.25) is 5.41 Å². The number of aromatic nitrogens is 1. The van der Waals surface area contributed by atoms with Crippen LogP contribution in [0.2, 0.25) is 5.02 Å². The third-order valence-electron chi connectivity index (χ3n) is 4.16. The van der Waals surface area contributed by atoms with Crippen molar-refractivity contribution in [2.45, 2.75) is 0 Å². The van der Waals surface area contributed by atoms with E-state index in [1.807, 2.05) is 17.5 Å². The number of aliphatic hydroxyl groups excluding tert-OH is 1. The number of nitrogens with zero attached hydrogens (tertiary/aromatic N) is 2. The Morgan fingerprint density at radius 3 is 2.59 bits per heavy atom. The van der Waals surface area contributed by atoms with Crippen molar-refractivity contribution < 1.29 is 13.9 Å². The molecule has 0 radical (unpaired) electrons. The Labute approximate surface area is 162 Å². The molecule has 1 aliphatic heterocycles. The highest BCUT2D eigenvalue weighted by Crippen LogP contribution is 2.35. The average molecular weight is 404 g/mol. The highest BCUT2D eigenvalue weighted by Gasteiger charge is 2.32. The van der Waals surface area contributed by atoms with E-state index in [4.69, 9.17) is 17.0 Å². The summed E-state index contributed by atoms with van der Waals surface area (Å²) in [5, 5.41) is 21.6. The lowest BCUT2D eigenvalue weighted by Gasteiger charge is -2.19. The SMILES string of the molecule is N=C1C(c2nc(-c3ccc(Cl)cc3)cs2)=C(O)CN1c1ccc(F)cc1F. The van der Waals surface area contributed by atoms with Crippen LogP contribution in [0.4, 0.5) is 14.5 Å². The normalized spacial score (nSPS) is 14.3. The Morgan fingerprint density at radius 2 is 1.89 bits per heavy atom. The van der Waals surface area contributed by atoms with Crippen LogP contribution in [0, 0.1) is 17.0 Å². The second-order valence-electron chi connectivity index (χ2n) is 5.90. The van der Waals surface area contributed by atoms with Crippen LogP contribution in [-0.2, 0) is 0 Å². The van der Waals surface area contributed by atoms with Gasteiger partial charge in [-0.05, 0) is 24.3 Å². The number of rotatable bonds is 3. The van der Waals surface area contributed by atoms with Crippen LogP contribution < -0.4 is 4.90 Å². The number of amidine groups is 1. The molecule has 1 aliphatic rings. The van der Waals surface area contributed by atoms with Crippen molar-refractivity contribution in [2.75, 3.05) is 11.4 Å². The number of benzene rings is 2. The van der Waals surface area contributed by atoms with Gasteiger partial charge in [0.25, 0.3) is 0 Å². The number of hydrogen-bond acceptors (Lipinski definition) is 4. The third kappa shape index (κ3) is 3.20. The van der Waals surface area contributed by atoms with Crippen LogP contribution in [0.5, 0.6) is 0 Å². The van der Waals surface area contributed by atoms with Gasteiger partial charge in [-0.1, -0.05) is 23.7 Å². The fourth-order valence-electron chi connectivity index (χ4n) is 2.85. The first-order valence-electron chi connectivity index (χ1n) is 7.89. The number of anilines is 1. The van der Waals surface area contributed by atoms with Gasteiger partial charge in [0, 0.05) is 22.0 Å². The molecule has 0 atom stereocenters. The van der Waals surface area contributed by atoms with Gasteiger partial charge >= 0.3 is 0 Å². The Morgan fingerprint density at radius 1 is 1.15 bits per heavy atom. The Hall–Kier alpha value is -2.77. The molecule has 0 fully saturated rings. The van der Waals surface area contributed by atoms with Gasteiger partial charge in [-0.15, -0.1) is 11.3 Å². The summed E-state index contributed by atoms with van der Waals surface area (Å²) in [5.74, 6) is -1.67. The Kier molecular flexibility index (Phi) is 4.41. The lowest BCUT2D eigenvalue weighted by molar-refractivity contribution is 0.411. The van der Waals surface area contributed by atoms with Crippen LogP contribution in [0.15, 0.2) is 53.6 Å². The van der Waals surface area contributed by atoms with Crippen molar-refractivity contribution in [3.05, 3.63) is 75.3 Å². The molecule has 2 N–H and O–H groups in total. The monoisotopic (exact) mass is 403 g/mol. The van der Waals surface area contributed by atoms with Crippen LogP contribution in [0.3, 0.4) is 0 Å². The zero-order chi connectivity index (χ0) is 19.1. The van der Waals surface area contributed by atoms with Crippen molar-refractivity contribution >= 4 is 40.0 Å². The van der Waals surface area contributed by atoms with E-state index in [-0.39, 0.29) is 29.4 Å². The molecule has 27 heavy (non-hydrogen) atoms. The average Bonchev–Trinajstić information content (AvgIpc) is 3.20. The highest BCUT2D eigenvalue weighted by atomic mass is 35.5. The van der Waals surface area contributed by atoms with Gasteiger partial charge in [-0.2, -0.15) is 0 Å². The lowest BCUT2D eigenvalue weighted by Crippen LogP contribution is -2.27. The number of halogens is 3. The fraction of sp³-hybridized carbons (Fsp3) is 0.0526. The molecule has 3 aromatic rings. The van der Waals surface area contributed by atoms with E-state index in [1.54, 1.807) is 12.1 Å². The predicted octanol–water partition coefficient (Wildman–Crippen LogP) is 5.51. The predicted molar refractivity (Wildman–Crippen MR) is 104 cm³/mol. The summed E-state index contributed by atoms with van der Waals surface area (Å²) in [6.07, 6.45) is 0. The van der Waals surface area contributed by atoms with Gasteiger partial charge in [0.15, 0.2) is 0 Å². The van der Waals surface area contributed by atoms with Crippen LogP contribution >= 0.6 is 22.9 Å². The lowest BCUT2D eigenvalue weighted by atomic mass is 10.2. The van der Waals surface area contributed by atoms with Crippen molar-refractivity contribution in [1.29, 1.82) is 5.41 Å². The quantitative estimate of drug-likeness (QED) is 0.606. The maximum atomic E-state index is 14.1. The molecule has 136 valence electrons. The Balaban J connectivity index is 1.65. The molecule has 4 rings (SSSR count). The first kappa shape index (κ1) is 17.6. The van der Waals surface area contributed by atoms with E-state index in [1.165, 1.54) is 22.3 Å². The number of aliphatic hydroxyl groups is 1. The van der Waals surface area contributed by atoms with Gasteiger partial charge < -0.3 is 10.0 Å². The zero-order valence-corrected chi connectivity index (χ0v) is 15.3. The molecule has 0 unspecified atom stereocenters. The van der Waals surface area contributed by atoms with E-state index < -0.39 is 11.6 Å². The smallest absolute Gasteiger partial charge is 0.149 e. The molecule has 2 aromatic carbocycles. The van der Waals surface area contributed by atoms with Crippen LogP contribution in [0.25, 0.3) is 16.8 Å². The summed E-state index contributed by atoms with van der Waals surface area (Å²) in [4.78, 5) is 5.77. The second kappa shape index (κ2) is 6.75. The van der Waals surface area contributed by atoms with Gasteiger partial charge in [-0.25, -0.2) is 13.8 Å². The highest BCUT2D eigenvalue weighted by molar-refractivity contribution is 7.11. The third-order valence-corrected chi connectivity index (χ3v) is 5.27. The molecule has 4 nitrogen and oxygen atoms in total. The summed E-state index contributed by atoms with van der Waals surface area (Å²) >= 11 is 7.17. The summed E-state index contributed by atoms with van der Waals surface area (Å²) < 4.78 is 27.2. The largest absolute Gasteiger partial charge is 0.510 e. The molecule has 0 saturated heterocycles. The fourth-order valence-corrected chi connectivity index (χ4v) is 3.87. The molecule has 1 aromatic heterocycles. The molecular weight excluding hydrogens is 392 g/mol. The minimum absolute atomic E-state index is 0.0254. The first-order valence-corrected chi connectivity index (χ1v) is 9.15. The molecule has 0 spiro atoms. The maximum absolute atomic E-state index is 14.1. The number of hydrogen-bond donors (Lipinski definition) is 2. The van der Waals surface area contributed by atoms with Crippen LogP contribution in [0.1, 0.15) is 5.01 Å². The van der Waals surface area contributed by atoms with Gasteiger partial charge in [0.05, 0.1) is 23.5 Å². The topological polar surface area (TPSA) is 60.2 Å². The van der Waals surface area contributed by atoms with Gasteiger partial charge in [0.1, 0.15) is 28.2 Å². The molecular formula is C19H12ClF2N3OS. The first-order chi connectivity index (χ1) is 12.9. The van der Waals surface area contributed by atoms with E-state index in [0.717, 1.165) is 17.7 Å². The minimum Gasteiger partial charge on any atom is -0.510 e. The standard InChI is InChI=1S/C19H12ClF2N3OS/c20-11-3-1-10(2-4-11)14-9-27-19(24-14)17-16(26)8-25(18(17)23)15-6-5-12(21)7-13(15)22/h1-7,9,23,26H,8H2. The van der Waals surface area contributed by atoms with E-state index in [2.05, 4.69) is 4.98 Å². The van der Waals surface area contributed by atoms with Crippen molar-refractivity contribution in [3.8, 4) is 11.3 Å². The molecule has 8 heteroatoms. The summed E-state index contributed by atoms with van der Waals surface area (Å²) in [6, 6.07) is 10.3. The van der Waals surface area contributed by atoms with E-state index in [9.17, 15) is 13.9 Å². The zero-order valence-electron chi connectivity index (χ0n) is 13.7. The van der Waals surface area contributed by atoms with Crippen molar-refractivity contribution in [1.82, 2.24) is 4.98 Å². The summed E-state index contributed by atoms with van der Waals surface area (Å²) in [6.45, 7) is -0.0768. The molecule has 0 bridgehead atoms. The van der Waals surface area contributed by atoms with E-state index in [0.29, 0.717) is 15.7 Å². The van der Waals surface area contributed by atoms with E-state index >= 15 is 0 Å². The van der Waals surface area contributed by atoms with Crippen molar-refractivity contribution in [3.63, 3.8) is 0 Å². The number of nitrogens with one attached hydrogen (secondary N) is 1. The molecule has 2 heterocycles. The molecule has 0 aliphatic carbocycles. The molecule has 0 saturated carbocycles. The minimum atomic E-state index is -0.796.